The first-order valence-corrected chi connectivity index (χ1v) is 4.68. The van der Waals surface area contributed by atoms with Crippen LogP contribution in [0, 0.1) is 0 Å². The number of halogens is 1. The first kappa shape index (κ1) is 9.27. The first-order valence-electron chi connectivity index (χ1n) is 4.30. The minimum absolute atomic E-state index is 0.0906. The maximum Gasteiger partial charge on any atom is 0.294 e. The number of oxazole rings is 1. The molecule has 74 valence electrons. The van der Waals surface area contributed by atoms with Crippen LogP contribution in [0.4, 0.5) is 5.69 Å². The molecule has 0 aromatic carbocycles. The lowest BCUT2D eigenvalue weighted by Gasteiger charge is -2.06. The first-order chi connectivity index (χ1) is 6.58. The van der Waals surface area contributed by atoms with Crippen LogP contribution in [0.15, 0.2) is 10.5 Å². The van der Waals surface area contributed by atoms with Crippen molar-refractivity contribution in [2.45, 2.75) is 19.8 Å². The third-order valence-corrected chi connectivity index (χ3v) is 2.13. The van der Waals surface area contributed by atoms with Crippen LogP contribution in [0.3, 0.4) is 0 Å². The number of hydrogen-bond donors (Lipinski definition) is 1. The summed E-state index contributed by atoms with van der Waals surface area (Å²) in [7, 11) is 0. The molecule has 0 spiro atoms. The van der Waals surface area contributed by atoms with Crippen molar-refractivity contribution in [1.29, 1.82) is 0 Å². The van der Waals surface area contributed by atoms with Gasteiger partial charge in [0.1, 0.15) is 5.52 Å². The summed E-state index contributed by atoms with van der Waals surface area (Å²) >= 11 is 5.61. The molecule has 2 aromatic rings. The van der Waals surface area contributed by atoms with E-state index in [-0.39, 0.29) is 11.3 Å². The Balaban J connectivity index is 2.70. The Hall–Kier alpha value is -1.29. The zero-order valence-electron chi connectivity index (χ0n) is 7.91. The highest BCUT2D eigenvalue weighted by Gasteiger charge is 2.11. The number of nitrogens with two attached hydrogens (primary N) is 1. The molecule has 2 N–H and O–H groups in total. The molecule has 2 rings (SSSR count). The Bertz CT molecular complexity index is 478. The summed E-state index contributed by atoms with van der Waals surface area (Å²) in [5.74, 6) is 0.253. The topological polar surface area (TPSA) is 64.9 Å². The van der Waals surface area contributed by atoms with E-state index in [1.54, 1.807) is 6.07 Å². The second kappa shape index (κ2) is 3.13. The highest BCUT2D eigenvalue weighted by Crippen LogP contribution is 2.25. The SMILES string of the molecule is CC(C)c1nc2oc(Cl)nc2cc1N. The van der Waals surface area contributed by atoms with E-state index in [4.69, 9.17) is 21.8 Å². The van der Waals surface area contributed by atoms with Crippen molar-refractivity contribution in [3.63, 3.8) is 0 Å². The van der Waals surface area contributed by atoms with Gasteiger partial charge in [-0.2, -0.15) is 4.98 Å². The van der Waals surface area contributed by atoms with Gasteiger partial charge in [0.05, 0.1) is 11.4 Å². The number of rotatable bonds is 1. The van der Waals surface area contributed by atoms with Crippen LogP contribution < -0.4 is 5.73 Å². The molecule has 0 aliphatic rings. The predicted molar refractivity (Wildman–Crippen MR) is 55.3 cm³/mol. The Kier molecular flexibility index (Phi) is 2.07. The average molecular weight is 212 g/mol. The average Bonchev–Trinajstić information content (AvgIpc) is 2.42. The van der Waals surface area contributed by atoms with Crippen LogP contribution in [0.25, 0.3) is 11.2 Å². The number of aromatic nitrogens is 2. The lowest BCUT2D eigenvalue weighted by Crippen LogP contribution is -1.99. The van der Waals surface area contributed by atoms with Crippen molar-refractivity contribution in [3.8, 4) is 0 Å². The monoisotopic (exact) mass is 211 g/mol. The maximum atomic E-state index is 5.81. The molecule has 2 heterocycles. The van der Waals surface area contributed by atoms with Gasteiger partial charge in [0.25, 0.3) is 5.35 Å². The van der Waals surface area contributed by atoms with E-state index < -0.39 is 0 Å². The maximum absolute atomic E-state index is 5.81. The van der Waals surface area contributed by atoms with E-state index >= 15 is 0 Å². The van der Waals surface area contributed by atoms with Crippen LogP contribution in [0.1, 0.15) is 25.5 Å². The van der Waals surface area contributed by atoms with E-state index in [1.807, 2.05) is 13.8 Å². The molecule has 14 heavy (non-hydrogen) atoms. The standard InChI is InChI=1S/C9H10ClN3O/c1-4(2)7-5(11)3-6-8(13-7)14-9(10)12-6/h3-4H,11H2,1-2H3. The molecule has 5 heteroatoms. The Morgan fingerprint density at radius 3 is 2.79 bits per heavy atom. The van der Waals surface area contributed by atoms with Crippen molar-refractivity contribution in [2.75, 3.05) is 5.73 Å². The summed E-state index contributed by atoms with van der Waals surface area (Å²) in [5.41, 5.74) is 8.27. The normalized spacial score (nSPS) is 11.4. The molecule has 0 saturated heterocycles. The zero-order chi connectivity index (χ0) is 10.3. The second-order valence-electron chi connectivity index (χ2n) is 3.41. The molecular weight excluding hydrogens is 202 g/mol. The summed E-state index contributed by atoms with van der Waals surface area (Å²) < 4.78 is 5.10. The van der Waals surface area contributed by atoms with Crippen LogP contribution in [0.5, 0.6) is 0 Å². The highest BCUT2D eigenvalue weighted by atomic mass is 35.5. The van der Waals surface area contributed by atoms with Gasteiger partial charge in [-0.25, -0.2) is 4.98 Å². The molecule has 4 nitrogen and oxygen atoms in total. The molecule has 0 bridgehead atoms. The van der Waals surface area contributed by atoms with Gasteiger partial charge in [0, 0.05) is 0 Å². The van der Waals surface area contributed by atoms with E-state index in [1.165, 1.54) is 0 Å². The van der Waals surface area contributed by atoms with Crippen LogP contribution in [-0.4, -0.2) is 9.97 Å². The largest absolute Gasteiger partial charge is 0.408 e. The summed E-state index contributed by atoms with van der Waals surface area (Å²) in [6.07, 6.45) is 0. The second-order valence-corrected chi connectivity index (χ2v) is 3.73. The van der Waals surface area contributed by atoms with Crippen molar-refractivity contribution in [3.05, 3.63) is 17.1 Å². The number of anilines is 1. The summed E-state index contributed by atoms with van der Waals surface area (Å²) in [4.78, 5) is 8.19. The summed E-state index contributed by atoms with van der Waals surface area (Å²) in [6.45, 7) is 4.03. The van der Waals surface area contributed by atoms with Gasteiger partial charge in [-0.15, -0.1) is 0 Å². The van der Waals surface area contributed by atoms with E-state index in [0.717, 1.165) is 5.69 Å². The molecule has 0 fully saturated rings. The number of fused-ring (bicyclic) bond motifs is 1. The van der Waals surface area contributed by atoms with Gasteiger partial charge >= 0.3 is 0 Å². The van der Waals surface area contributed by atoms with Crippen molar-refractivity contribution in [2.24, 2.45) is 0 Å². The third-order valence-electron chi connectivity index (χ3n) is 1.97. The molecule has 0 atom stereocenters. The van der Waals surface area contributed by atoms with Crippen molar-refractivity contribution in [1.82, 2.24) is 9.97 Å². The number of pyridine rings is 1. The molecule has 0 radical (unpaired) electrons. The lowest BCUT2D eigenvalue weighted by molar-refractivity contribution is 0.590. The highest BCUT2D eigenvalue weighted by molar-refractivity contribution is 6.28. The molecular formula is C9H10ClN3O. The predicted octanol–water partition coefficient (Wildman–Crippen LogP) is 2.58. The van der Waals surface area contributed by atoms with Crippen molar-refractivity contribution >= 4 is 28.5 Å². The van der Waals surface area contributed by atoms with Crippen LogP contribution in [0.2, 0.25) is 5.35 Å². The fourth-order valence-corrected chi connectivity index (χ4v) is 1.49. The fraction of sp³-hybridized carbons (Fsp3) is 0.333. The van der Waals surface area contributed by atoms with Gasteiger partial charge in [0.2, 0.25) is 5.71 Å². The van der Waals surface area contributed by atoms with Crippen molar-refractivity contribution < 1.29 is 4.42 Å². The number of nitrogens with zero attached hydrogens (tertiary/aromatic N) is 2. The smallest absolute Gasteiger partial charge is 0.294 e. The van der Waals surface area contributed by atoms with Gasteiger partial charge < -0.3 is 10.2 Å². The third kappa shape index (κ3) is 1.42. The Labute approximate surface area is 86.1 Å². The van der Waals surface area contributed by atoms with E-state index in [0.29, 0.717) is 16.9 Å². The van der Waals surface area contributed by atoms with Gasteiger partial charge in [-0.3, -0.25) is 0 Å². The molecule has 0 aliphatic heterocycles. The molecule has 0 unspecified atom stereocenters. The molecule has 0 amide bonds. The molecule has 0 saturated carbocycles. The fourth-order valence-electron chi connectivity index (χ4n) is 1.33. The van der Waals surface area contributed by atoms with E-state index in [9.17, 15) is 0 Å². The minimum atomic E-state index is 0.0906. The number of nitrogen functional groups attached to an aromatic ring is 1. The molecule has 2 aromatic heterocycles. The quantitative estimate of drug-likeness (QED) is 0.788. The summed E-state index contributed by atoms with van der Waals surface area (Å²) in [5, 5.41) is 0.0906. The Morgan fingerprint density at radius 2 is 2.14 bits per heavy atom. The Morgan fingerprint density at radius 1 is 1.43 bits per heavy atom. The summed E-state index contributed by atoms with van der Waals surface area (Å²) in [6, 6.07) is 1.73. The van der Waals surface area contributed by atoms with E-state index in [2.05, 4.69) is 9.97 Å². The minimum Gasteiger partial charge on any atom is -0.408 e. The van der Waals surface area contributed by atoms with Crippen LogP contribution in [-0.2, 0) is 0 Å². The number of hydrogen-bond acceptors (Lipinski definition) is 4. The van der Waals surface area contributed by atoms with Gasteiger partial charge in [0.15, 0.2) is 0 Å². The molecule has 0 aliphatic carbocycles. The lowest BCUT2D eigenvalue weighted by atomic mass is 10.1. The zero-order valence-corrected chi connectivity index (χ0v) is 8.67. The van der Waals surface area contributed by atoms with Gasteiger partial charge in [-0.05, 0) is 23.6 Å². The van der Waals surface area contributed by atoms with Crippen LogP contribution >= 0.6 is 11.6 Å². The van der Waals surface area contributed by atoms with Gasteiger partial charge in [-0.1, -0.05) is 13.8 Å².